The van der Waals surface area contributed by atoms with Gasteiger partial charge in [0.2, 0.25) is 0 Å². The van der Waals surface area contributed by atoms with Crippen molar-refractivity contribution in [1.82, 2.24) is 0 Å². The van der Waals surface area contributed by atoms with E-state index in [0.29, 0.717) is 0 Å². The van der Waals surface area contributed by atoms with E-state index < -0.39 is 6.10 Å². The molecule has 0 saturated carbocycles. The van der Waals surface area contributed by atoms with Gasteiger partial charge in [0.1, 0.15) is 0 Å². The van der Waals surface area contributed by atoms with Gasteiger partial charge in [-0.3, -0.25) is 0 Å². The summed E-state index contributed by atoms with van der Waals surface area (Å²) < 4.78 is 0. The lowest BCUT2D eigenvalue weighted by Gasteiger charge is -2.18. The topological polar surface area (TPSA) is 46.2 Å². The fourth-order valence-corrected chi connectivity index (χ4v) is 1.38. The minimum absolute atomic E-state index is 0.222. The number of hydrogen-bond acceptors (Lipinski definition) is 2. The molecule has 3 N–H and O–H groups in total. The Bertz CT molecular complexity index is 294. The molecule has 0 heterocycles. The molecule has 1 aromatic rings. The van der Waals surface area contributed by atoms with Crippen LogP contribution in [-0.2, 0) is 0 Å². The zero-order valence-electron chi connectivity index (χ0n) is 8.41. The number of aliphatic hydroxyl groups excluding tert-OH is 1. The van der Waals surface area contributed by atoms with Crippen LogP contribution in [-0.4, -0.2) is 11.1 Å². The van der Waals surface area contributed by atoms with Crippen LogP contribution in [0.5, 0.6) is 0 Å². The summed E-state index contributed by atoms with van der Waals surface area (Å²) in [6.07, 6.45) is -0.556. The highest BCUT2D eigenvalue weighted by Crippen LogP contribution is 2.21. The second kappa shape index (κ2) is 3.90. The van der Waals surface area contributed by atoms with E-state index in [1.54, 1.807) is 0 Å². The second-order valence-corrected chi connectivity index (χ2v) is 3.59. The van der Waals surface area contributed by atoms with E-state index in [4.69, 9.17) is 5.73 Å². The molecule has 0 unspecified atom stereocenters. The molecule has 2 heteroatoms. The number of hydrogen-bond donors (Lipinski definition) is 2. The first-order valence-corrected chi connectivity index (χ1v) is 4.53. The summed E-state index contributed by atoms with van der Waals surface area (Å²) in [4.78, 5) is 0. The van der Waals surface area contributed by atoms with E-state index in [-0.39, 0.29) is 6.04 Å². The van der Waals surface area contributed by atoms with E-state index in [0.717, 1.165) is 11.1 Å². The van der Waals surface area contributed by atoms with Crippen molar-refractivity contribution in [3.8, 4) is 0 Å². The third kappa shape index (κ3) is 2.08. The van der Waals surface area contributed by atoms with Crippen LogP contribution in [0.25, 0.3) is 0 Å². The monoisotopic (exact) mass is 179 g/mol. The zero-order chi connectivity index (χ0) is 10.0. The Labute approximate surface area is 79.4 Å². The lowest BCUT2D eigenvalue weighted by Crippen LogP contribution is -2.25. The molecular formula is C11H17NO. The standard InChI is InChI=1S/C11H17NO/c1-7-5-4-6-10(8(7)2)11(13)9(3)12/h4-6,9,11,13H,12H2,1-3H3/t9-,11-/m0/s1. The van der Waals surface area contributed by atoms with Crippen LogP contribution < -0.4 is 5.73 Å². The minimum Gasteiger partial charge on any atom is -0.387 e. The van der Waals surface area contributed by atoms with Gasteiger partial charge in [-0.25, -0.2) is 0 Å². The lowest BCUT2D eigenvalue weighted by molar-refractivity contribution is 0.152. The molecule has 0 spiro atoms. The first-order valence-electron chi connectivity index (χ1n) is 4.53. The molecule has 0 radical (unpaired) electrons. The molecule has 0 amide bonds. The number of aliphatic hydroxyl groups is 1. The van der Waals surface area contributed by atoms with Crippen molar-refractivity contribution < 1.29 is 5.11 Å². The first-order chi connectivity index (χ1) is 6.04. The quantitative estimate of drug-likeness (QED) is 0.725. The van der Waals surface area contributed by atoms with Gasteiger partial charge >= 0.3 is 0 Å². The summed E-state index contributed by atoms with van der Waals surface area (Å²) in [6.45, 7) is 5.86. The summed E-state index contributed by atoms with van der Waals surface area (Å²) >= 11 is 0. The van der Waals surface area contributed by atoms with Gasteiger partial charge in [0.25, 0.3) is 0 Å². The Morgan fingerprint density at radius 1 is 1.31 bits per heavy atom. The summed E-state index contributed by atoms with van der Waals surface area (Å²) in [5, 5.41) is 9.78. The molecule has 0 saturated heterocycles. The molecule has 0 aliphatic heterocycles. The fraction of sp³-hybridized carbons (Fsp3) is 0.455. The van der Waals surface area contributed by atoms with E-state index in [1.165, 1.54) is 5.56 Å². The van der Waals surface area contributed by atoms with E-state index >= 15 is 0 Å². The highest BCUT2D eigenvalue weighted by atomic mass is 16.3. The number of nitrogens with two attached hydrogens (primary N) is 1. The van der Waals surface area contributed by atoms with Crippen molar-refractivity contribution in [2.75, 3.05) is 0 Å². The average molecular weight is 179 g/mol. The van der Waals surface area contributed by atoms with Crippen molar-refractivity contribution in [3.63, 3.8) is 0 Å². The first kappa shape index (κ1) is 10.2. The Balaban J connectivity index is 3.07. The Kier molecular flexibility index (Phi) is 3.07. The Morgan fingerprint density at radius 3 is 2.46 bits per heavy atom. The fourth-order valence-electron chi connectivity index (χ4n) is 1.38. The average Bonchev–Trinajstić information content (AvgIpc) is 2.08. The molecule has 0 aliphatic carbocycles. The largest absolute Gasteiger partial charge is 0.387 e. The molecule has 2 nitrogen and oxygen atoms in total. The van der Waals surface area contributed by atoms with Crippen LogP contribution >= 0.6 is 0 Å². The Hall–Kier alpha value is -0.860. The third-order valence-electron chi connectivity index (χ3n) is 2.46. The summed E-state index contributed by atoms with van der Waals surface area (Å²) in [5.41, 5.74) is 8.90. The maximum absolute atomic E-state index is 9.78. The van der Waals surface area contributed by atoms with Crippen molar-refractivity contribution in [3.05, 3.63) is 34.9 Å². The number of aryl methyl sites for hydroxylation is 1. The van der Waals surface area contributed by atoms with Crippen LogP contribution in [0.3, 0.4) is 0 Å². The van der Waals surface area contributed by atoms with Crippen LogP contribution in [0, 0.1) is 13.8 Å². The van der Waals surface area contributed by atoms with Crippen molar-refractivity contribution >= 4 is 0 Å². The maximum Gasteiger partial charge on any atom is 0.0940 e. The highest BCUT2D eigenvalue weighted by Gasteiger charge is 2.14. The molecule has 0 aliphatic rings. The van der Waals surface area contributed by atoms with Gasteiger partial charge in [-0.2, -0.15) is 0 Å². The van der Waals surface area contributed by atoms with E-state index in [9.17, 15) is 5.11 Å². The molecular weight excluding hydrogens is 162 g/mol. The zero-order valence-corrected chi connectivity index (χ0v) is 8.41. The van der Waals surface area contributed by atoms with Crippen molar-refractivity contribution in [2.24, 2.45) is 5.73 Å². The smallest absolute Gasteiger partial charge is 0.0940 e. The Morgan fingerprint density at radius 2 is 1.92 bits per heavy atom. The predicted octanol–water partition coefficient (Wildman–Crippen LogP) is 1.68. The molecule has 0 aromatic heterocycles. The summed E-state index contributed by atoms with van der Waals surface area (Å²) in [5.74, 6) is 0. The van der Waals surface area contributed by atoms with Gasteiger partial charge in [0, 0.05) is 6.04 Å². The summed E-state index contributed by atoms with van der Waals surface area (Å²) in [6, 6.07) is 5.69. The normalized spacial score (nSPS) is 15.5. The van der Waals surface area contributed by atoms with Crippen LogP contribution in [0.2, 0.25) is 0 Å². The molecule has 1 aromatic carbocycles. The van der Waals surface area contributed by atoms with Gasteiger partial charge in [-0.15, -0.1) is 0 Å². The molecule has 13 heavy (non-hydrogen) atoms. The van der Waals surface area contributed by atoms with Gasteiger partial charge < -0.3 is 10.8 Å². The number of benzene rings is 1. The maximum atomic E-state index is 9.78. The lowest BCUT2D eigenvalue weighted by atomic mass is 9.96. The molecule has 1 rings (SSSR count). The third-order valence-corrected chi connectivity index (χ3v) is 2.46. The van der Waals surface area contributed by atoms with Gasteiger partial charge in [-0.1, -0.05) is 18.2 Å². The van der Waals surface area contributed by atoms with Gasteiger partial charge in [0.15, 0.2) is 0 Å². The molecule has 0 bridgehead atoms. The van der Waals surface area contributed by atoms with E-state index in [1.807, 2.05) is 39.0 Å². The van der Waals surface area contributed by atoms with Gasteiger partial charge in [-0.05, 0) is 37.5 Å². The minimum atomic E-state index is -0.556. The highest BCUT2D eigenvalue weighted by molar-refractivity contribution is 5.35. The predicted molar refractivity (Wildman–Crippen MR) is 54.5 cm³/mol. The van der Waals surface area contributed by atoms with Gasteiger partial charge in [0.05, 0.1) is 6.10 Å². The second-order valence-electron chi connectivity index (χ2n) is 3.59. The molecule has 72 valence electrons. The van der Waals surface area contributed by atoms with Crippen molar-refractivity contribution in [1.29, 1.82) is 0 Å². The SMILES string of the molecule is Cc1cccc([C@@H](O)[C@H](C)N)c1C. The summed E-state index contributed by atoms with van der Waals surface area (Å²) in [7, 11) is 0. The van der Waals surface area contributed by atoms with Crippen LogP contribution in [0.1, 0.15) is 29.7 Å². The van der Waals surface area contributed by atoms with Crippen LogP contribution in [0.4, 0.5) is 0 Å². The van der Waals surface area contributed by atoms with E-state index in [2.05, 4.69) is 0 Å². The van der Waals surface area contributed by atoms with Crippen molar-refractivity contribution in [2.45, 2.75) is 32.9 Å². The van der Waals surface area contributed by atoms with Crippen LogP contribution in [0.15, 0.2) is 18.2 Å². The molecule has 2 atom stereocenters. The molecule has 0 fully saturated rings. The number of rotatable bonds is 2.